The van der Waals surface area contributed by atoms with Crippen LogP contribution in [0.5, 0.6) is 0 Å². The predicted octanol–water partition coefficient (Wildman–Crippen LogP) is 9.16. The molecule has 1 aromatic carbocycles. The van der Waals surface area contributed by atoms with Crippen molar-refractivity contribution in [2.75, 3.05) is 0 Å². The Morgan fingerprint density at radius 2 is 1.54 bits per heavy atom. The molecule has 0 heterocycles. The first-order valence-corrected chi connectivity index (χ1v) is 15.0. The SMILES string of the molecule is CC(C)CCC[C@H](C)[C@H]1CC[C@@H]2[C@]1(C)CC[C@@H]1[C@@]3(C)C=CC(O)(c4ccccc4)C[C@@H]3CC[C@@]21C. The summed E-state index contributed by atoms with van der Waals surface area (Å²) < 4.78 is 0. The molecule has 0 bridgehead atoms. The molecule has 3 fully saturated rings. The van der Waals surface area contributed by atoms with Crippen LogP contribution in [0.15, 0.2) is 42.5 Å². The second-order valence-corrected chi connectivity index (χ2v) is 14.6. The molecule has 1 heteroatoms. The van der Waals surface area contributed by atoms with Crippen LogP contribution < -0.4 is 0 Å². The first-order valence-electron chi connectivity index (χ1n) is 15.0. The standard InChI is InChI=1S/C34H52O/c1-24(2)11-10-12-25(3)28-15-16-29-32(28,5)20-18-30-31(4)21-22-34(35,26-13-8-7-9-14-26)23-27(31)17-19-33(29,30)6/h7-9,13-14,21-22,24-25,27-30,35H,10-12,15-20,23H2,1-6H3/t25-,27-,28+,29+,30+,31-,32+,33-,34?/m0/s1. The molecule has 5 rings (SSSR count). The lowest BCUT2D eigenvalue weighted by atomic mass is 9.39. The van der Waals surface area contributed by atoms with E-state index in [4.69, 9.17) is 0 Å². The molecule has 0 spiro atoms. The average Bonchev–Trinajstić information content (AvgIpc) is 3.18. The Bertz CT molecular complexity index is 918. The Morgan fingerprint density at radius 1 is 0.829 bits per heavy atom. The third kappa shape index (κ3) is 4.07. The van der Waals surface area contributed by atoms with E-state index in [0.29, 0.717) is 16.7 Å². The topological polar surface area (TPSA) is 20.2 Å². The highest BCUT2D eigenvalue weighted by Gasteiger charge is 2.65. The third-order valence-electron chi connectivity index (χ3n) is 12.3. The van der Waals surface area contributed by atoms with Crippen LogP contribution in [0, 0.1) is 51.8 Å². The van der Waals surface area contributed by atoms with Crippen molar-refractivity contribution < 1.29 is 5.11 Å². The second kappa shape index (κ2) is 9.04. The van der Waals surface area contributed by atoms with E-state index >= 15 is 0 Å². The summed E-state index contributed by atoms with van der Waals surface area (Å²) in [6, 6.07) is 10.4. The molecule has 0 radical (unpaired) electrons. The number of fused-ring (bicyclic) bond motifs is 5. The molecule has 0 amide bonds. The Morgan fingerprint density at radius 3 is 2.26 bits per heavy atom. The summed E-state index contributed by atoms with van der Waals surface area (Å²) >= 11 is 0. The molecule has 1 unspecified atom stereocenters. The zero-order valence-corrected chi connectivity index (χ0v) is 23.5. The molecule has 0 saturated heterocycles. The summed E-state index contributed by atoms with van der Waals surface area (Å²) in [4.78, 5) is 0. The number of allylic oxidation sites excluding steroid dienone is 1. The van der Waals surface area contributed by atoms with Crippen molar-refractivity contribution in [3.05, 3.63) is 48.0 Å². The lowest BCUT2D eigenvalue weighted by molar-refractivity contribution is -0.153. The van der Waals surface area contributed by atoms with E-state index in [1.54, 1.807) is 0 Å². The van der Waals surface area contributed by atoms with Crippen molar-refractivity contribution in [3.8, 4) is 0 Å². The second-order valence-electron chi connectivity index (χ2n) is 14.6. The van der Waals surface area contributed by atoms with E-state index in [-0.39, 0.29) is 5.41 Å². The monoisotopic (exact) mass is 476 g/mol. The molecule has 0 aliphatic heterocycles. The van der Waals surface area contributed by atoms with E-state index in [1.807, 2.05) is 0 Å². The normalized spacial score (nSPS) is 45.6. The van der Waals surface area contributed by atoms with E-state index in [2.05, 4.69) is 84.0 Å². The molecule has 4 aliphatic carbocycles. The van der Waals surface area contributed by atoms with Crippen LogP contribution in [0.25, 0.3) is 0 Å². The van der Waals surface area contributed by atoms with Crippen LogP contribution in [0.1, 0.15) is 111 Å². The van der Waals surface area contributed by atoms with Gasteiger partial charge in [-0.15, -0.1) is 0 Å². The lowest BCUT2D eigenvalue weighted by Crippen LogP contribution is -2.58. The molecule has 1 nitrogen and oxygen atoms in total. The van der Waals surface area contributed by atoms with Crippen molar-refractivity contribution >= 4 is 0 Å². The van der Waals surface area contributed by atoms with Crippen LogP contribution in [0.3, 0.4) is 0 Å². The molecule has 4 aliphatic rings. The summed E-state index contributed by atoms with van der Waals surface area (Å²) in [5, 5.41) is 11.7. The molecule has 3 saturated carbocycles. The highest BCUT2D eigenvalue weighted by atomic mass is 16.3. The van der Waals surface area contributed by atoms with Crippen molar-refractivity contribution in [2.45, 2.75) is 111 Å². The van der Waals surface area contributed by atoms with Crippen molar-refractivity contribution in [3.63, 3.8) is 0 Å². The van der Waals surface area contributed by atoms with Gasteiger partial charge in [-0.3, -0.25) is 0 Å². The molecular formula is C34H52O. The number of aliphatic hydroxyl groups is 1. The van der Waals surface area contributed by atoms with Gasteiger partial charge in [-0.1, -0.05) is 103 Å². The minimum absolute atomic E-state index is 0.219. The maximum Gasteiger partial charge on any atom is 0.108 e. The van der Waals surface area contributed by atoms with E-state index in [0.717, 1.165) is 41.6 Å². The van der Waals surface area contributed by atoms with Gasteiger partial charge in [0.1, 0.15) is 5.60 Å². The first-order chi connectivity index (χ1) is 16.5. The molecule has 9 atom stereocenters. The highest BCUT2D eigenvalue weighted by Crippen LogP contribution is 2.72. The van der Waals surface area contributed by atoms with Crippen LogP contribution in [-0.4, -0.2) is 5.11 Å². The van der Waals surface area contributed by atoms with Crippen LogP contribution in [-0.2, 0) is 5.60 Å². The van der Waals surface area contributed by atoms with Gasteiger partial charge >= 0.3 is 0 Å². The molecular weight excluding hydrogens is 424 g/mol. The summed E-state index contributed by atoms with van der Waals surface area (Å²) in [7, 11) is 0. The van der Waals surface area contributed by atoms with E-state index in [1.165, 1.54) is 57.8 Å². The maximum absolute atomic E-state index is 11.7. The van der Waals surface area contributed by atoms with Crippen molar-refractivity contribution in [1.82, 2.24) is 0 Å². The minimum Gasteiger partial charge on any atom is -0.381 e. The van der Waals surface area contributed by atoms with Gasteiger partial charge in [0, 0.05) is 0 Å². The van der Waals surface area contributed by atoms with Gasteiger partial charge in [0.05, 0.1) is 0 Å². The van der Waals surface area contributed by atoms with E-state index in [9.17, 15) is 5.11 Å². The van der Waals surface area contributed by atoms with Gasteiger partial charge in [0.2, 0.25) is 0 Å². The molecule has 35 heavy (non-hydrogen) atoms. The third-order valence-corrected chi connectivity index (χ3v) is 12.3. The quantitative estimate of drug-likeness (QED) is 0.406. The molecule has 194 valence electrons. The Balaban J connectivity index is 1.38. The van der Waals surface area contributed by atoms with Gasteiger partial charge in [-0.25, -0.2) is 0 Å². The largest absolute Gasteiger partial charge is 0.381 e. The Labute approximate surface area is 216 Å². The average molecular weight is 477 g/mol. The predicted molar refractivity (Wildman–Crippen MR) is 148 cm³/mol. The fourth-order valence-electron chi connectivity index (χ4n) is 10.4. The molecule has 0 aromatic heterocycles. The fourth-order valence-corrected chi connectivity index (χ4v) is 10.4. The zero-order valence-electron chi connectivity index (χ0n) is 23.5. The highest BCUT2D eigenvalue weighted by molar-refractivity contribution is 5.32. The Kier molecular flexibility index (Phi) is 6.60. The fraction of sp³-hybridized carbons (Fsp3) is 0.765. The Hall–Kier alpha value is -1.08. The number of benzene rings is 1. The molecule has 1 aromatic rings. The zero-order chi connectivity index (χ0) is 25.1. The lowest BCUT2D eigenvalue weighted by Gasteiger charge is -2.65. The van der Waals surface area contributed by atoms with Gasteiger partial charge in [-0.2, -0.15) is 0 Å². The summed E-state index contributed by atoms with van der Waals surface area (Å²) in [5.74, 6) is 4.81. The minimum atomic E-state index is -0.799. The van der Waals surface area contributed by atoms with Gasteiger partial charge < -0.3 is 5.11 Å². The van der Waals surface area contributed by atoms with Crippen molar-refractivity contribution in [1.29, 1.82) is 0 Å². The number of hydrogen-bond acceptors (Lipinski definition) is 1. The number of rotatable bonds is 6. The first kappa shape index (κ1) is 25.6. The maximum atomic E-state index is 11.7. The summed E-state index contributed by atoms with van der Waals surface area (Å²) in [6.07, 6.45) is 18.1. The van der Waals surface area contributed by atoms with Crippen LogP contribution >= 0.6 is 0 Å². The smallest absolute Gasteiger partial charge is 0.108 e. The van der Waals surface area contributed by atoms with Crippen molar-refractivity contribution in [2.24, 2.45) is 51.8 Å². The van der Waals surface area contributed by atoms with Crippen LogP contribution in [0.2, 0.25) is 0 Å². The van der Waals surface area contributed by atoms with E-state index < -0.39 is 5.60 Å². The number of hydrogen-bond donors (Lipinski definition) is 1. The summed E-state index contributed by atoms with van der Waals surface area (Å²) in [5.41, 5.74) is 1.45. The summed E-state index contributed by atoms with van der Waals surface area (Å²) in [6.45, 7) is 15.3. The van der Waals surface area contributed by atoms with Gasteiger partial charge in [0.15, 0.2) is 0 Å². The van der Waals surface area contributed by atoms with Gasteiger partial charge in [0.25, 0.3) is 0 Å². The molecule has 1 N–H and O–H groups in total. The van der Waals surface area contributed by atoms with Gasteiger partial charge in [-0.05, 0) is 102 Å². The van der Waals surface area contributed by atoms with Crippen LogP contribution in [0.4, 0.5) is 0 Å².